The van der Waals surface area contributed by atoms with Gasteiger partial charge >= 0.3 is 0 Å². The fraction of sp³-hybridized carbons (Fsp3) is 0. The zero-order valence-corrected chi connectivity index (χ0v) is 8.05. The maximum absolute atomic E-state index is 5.57. The Labute approximate surface area is 84.9 Å². The van der Waals surface area contributed by atoms with Crippen LogP contribution in [0, 0.1) is 0 Å². The lowest BCUT2D eigenvalue weighted by molar-refractivity contribution is 0.759. The predicted octanol–water partition coefficient (Wildman–Crippen LogP) is 1.74. The number of pyridine rings is 1. The predicted molar refractivity (Wildman–Crippen MR) is 49.7 cm³/mol. The first kappa shape index (κ1) is 11.7. The van der Waals surface area contributed by atoms with E-state index >= 15 is 0 Å². The van der Waals surface area contributed by atoms with Crippen molar-refractivity contribution in [1.82, 2.24) is 9.03 Å². The van der Waals surface area contributed by atoms with Gasteiger partial charge in [-0.25, -0.2) is 4.98 Å². The minimum atomic E-state index is 0. The maximum atomic E-state index is 5.57. The smallest absolute Gasteiger partial charge is 0.161 e. The summed E-state index contributed by atoms with van der Waals surface area (Å²) < 4.78 is 1.66. The van der Waals surface area contributed by atoms with E-state index in [4.69, 9.17) is 35.3 Å². The lowest BCUT2D eigenvalue weighted by atomic mass is 10.5. The van der Waals surface area contributed by atoms with Crippen LogP contribution in [0.5, 0.6) is 0 Å². The monoisotopic (exact) mass is 229 g/mol. The minimum Gasteiger partial charge on any atom is -0.412 e. The van der Waals surface area contributed by atoms with Crippen molar-refractivity contribution in [2.45, 2.75) is 0 Å². The third-order valence-electron chi connectivity index (χ3n) is 0.971. The number of aromatic nitrogens is 1. The lowest BCUT2D eigenvalue weighted by Crippen LogP contribution is -2.18. The highest BCUT2D eigenvalue weighted by molar-refractivity contribution is 6.39. The second-order valence-electron chi connectivity index (χ2n) is 1.66. The topological polar surface area (TPSA) is 50.9 Å². The van der Waals surface area contributed by atoms with Gasteiger partial charge in [-0.15, -0.1) is 0 Å². The van der Waals surface area contributed by atoms with Crippen LogP contribution in [-0.2, 0) is 0 Å². The van der Waals surface area contributed by atoms with Gasteiger partial charge in [0.2, 0.25) is 0 Å². The molecule has 68 valence electrons. The Bertz CT molecular complexity index is 220. The van der Waals surface area contributed by atoms with Gasteiger partial charge < -0.3 is 5.48 Å². The van der Waals surface area contributed by atoms with E-state index in [0.717, 1.165) is 4.53 Å². The van der Waals surface area contributed by atoms with Gasteiger partial charge in [0.1, 0.15) is 0 Å². The molecule has 0 fully saturated rings. The van der Waals surface area contributed by atoms with E-state index in [1.165, 1.54) is 0 Å². The van der Waals surface area contributed by atoms with Crippen molar-refractivity contribution < 1.29 is 5.48 Å². The SMILES string of the molecule is ClN(Cl)N(Cl)c1ccccn1.O. The quantitative estimate of drug-likeness (QED) is 0.574. The number of nitrogens with zero attached hydrogens (tertiary/aromatic N) is 3. The molecule has 4 nitrogen and oxygen atoms in total. The molecule has 0 unspecified atom stereocenters. The number of rotatable bonds is 2. The van der Waals surface area contributed by atoms with Crippen molar-refractivity contribution >= 4 is 41.1 Å². The van der Waals surface area contributed by atoms with Gasteiger partial charge in [-0.2, -0.15) is 4.53 Å². The molecule has 0 aliphatic carbocycles. The Morgan fingerprint density at radius 2 is 1.83 bits per heavy atom. The average Bonchev–Trinajstić information content (AvgIpc) is 2.05. The van der Waals surface area contributed by atoms with Gasteiger partial charge in [-0.05, 0) is 16.2 Å². The van der Waals surface area contributed by atoms with Crippen LogP contribution in [-0.4, -0.2) is 14.5 Å². The summed E-state index contributed by atoms with van der Waals surface area (Å²) in [5.41, 5.74) is 0. The molecular formula is C5H6Cl3N3O. The Balaban J connectivity index is 0.00000121. The van der Waals surface area contributed by atoms with Crippen LogP contribution in [0.1, 0.15) is 0 Å². The van der Waals surface area contributed by atoms with Crippen LogP contribution in [0.4, 0.5) is 5.82 Å². The largest absolute Gasteiger partial charge is 0.412 e. The molecule has 0 saturated carbocycles. The number of hydrogen-bond donors (Lipinski definition) is 0. The van der Waals surface area contributed by atoms with Crippen LogP contribution < -0.4 is 4.53 Å². The van der Waals surface area contributed by atoms with E-state index in [-0.39, 0.29) is 5.48 Å². The van der Waals surface area contributed by atoms with Gasteiger partial charge in [-0.1, -0.05) is 6.07 Å². The van der Waals surface area contributed by atoms with Crippen molar-refractivity contribution in [3.63, 3.8) is 0 Å². The number of hydrazine groups is 1. The van der Waals surface area contributed by atoms with Gasteiger partial charge in [0.15, 0.2) is 5.82 Å². The maximum Gasteiger partial charge on any atom is 0.161 e. The highest BCUT2D eigenvalue weighted by Gasteiger charge is 2.08. The molecule has 1 rings (SSSR count). The van der Waals surface area contributed by atoms with Crippen molar-refractivity contribution in [3.8, 4) is 0 Å². The molecular weight excluding hydrogens is 224 g/mol. The van der Waals surface area contributed by atoms with E-state index in [1.54, 1.807) is 24.4 Å². The summed E-state index contributed by atoms with van der Waals surface area (Å²) in [5, 5.41) is 0. The molecule has 0 radical (unpaired) electrons. The van der Waals surface area contributed by atoms with Crippen LogP contribution >= 0.6 is 35.3 Å². The van der Waals surface area contributed by atoms with E-state index in [0.29, 0.717) is 9.86 Å². The average molecular weight is 230 g/mol. The Hall–Kier alpha value is -0.260. The van der Waals surface area contributed by atoms with Crippen molar-refractivity contribution in [2.75, 3.05) is 4.53 Å². The molecule has 7 heteroatoms. The number of halogens is 3. The van der Waals surface area contributed by atoms with E-state index in [9.17, 15) is 0 Å². The van der Waals surface area contributed by atoms with Gasteiger partial charge in [0.25, 0.3) is 0 Å². The van der Waals surface area contributed by atoms with Crippen LogP contribution in [0.2, 0.25) is 0 Å². The Kier molecular flexibility index (Phi) is 5.28. The summed E-state index contributed by atoms with van der Waals surface area (Å²) in [7, 11) is 0. The second kappa shape index (κ2) is 5.40. The summed E-state index contributed by atoms with van der Waals surface area (Å²) in [6, 6.07) is 5.21. The number of anilines is 1. The first-order valence-electron chi connectivity index (χ1n) is 2.70. The normalized spacial score (nSPS) is 9.33. The van der Waals surface area contributed by atoms with E-state index in [1.807, 2.05) is 0 Å². The fourth-order valence-corrected chi connectivity index (χ4v) is 0.795. The fourth-order valence-electron chi connectivity index (χ4n) is 0.540. The molecule has 0 atom stereocenters. The first-order valence-corrected chi connectivity index (χ1v) is 3.72. The molecule has 0 aromatic carbocycles. The van der Waals surface area contributed by atoms with Crippen LogP contribution in [0.25, 0.3) is 0 Å². The van der Waals surface area contributed by atoms with Crippen molar-refractivity contribution in [2.24, 2.45) is 0 Å². The molecule has 0 aliphatic rings. The Morgan fingerprint density at radius 1 is 1.17 bits per heavy atom. The lowest BCUT2D eigenvalue weighted by Gasteiger charge is -2.14. The summed E-state index contributed by atoms with van der Waals surface area (Å²) in [6.45, 7) is 0. The summed E-state index contributed by atoms with van der Waals surface area (Å²) >= 11 is 16.2. The Morgan fingerprint density at radius 3 is 2.25 bits per heavy atom. The zero-order valence-electron chi connectivity index (χ0n) is 5.78. The van der Waals surface area contributed by atoms with E-state index < -0.39 is 0 Å². The van der Waals surface area contributed by atoms with Crippen molar-refractivity contribution in [1.29, 1.82) is 0 Å². The molecule has 0 saturated heterocycles. The van der Waals surface area contributed by atoms with Gasteiger partial charge in [0.05, 0.1) is 0 Å². The summed E-state index contributed by atoms with van der Waals surface area (Å²) in [6.07, 6.45) is 1.59. The molecule has 1 aromatic rings. The second-order valence-corrected chi connectivity index (χ2v) is 2.80. The molecule has 0 amide bonds. The molecule has 0 spiro atoms. The first-order chi connectivity index (χ1) is 5.22. The molecule has 0 aliphatic heterocycles. The number of hydrogen-bond acceptors (Lipinski definition) is 3. The molecule has 1 aromatic heterocycles. The third kappa shape index (κ3) is 3.00. The zero-order chi connectivity index (χ0) is 8.27. The minimum absolute atomic E-state index is 0. The summed E-state index contributed by atoms with van der Waals surface area (Å²) in [5.74, 6) is 0.458. The standard InChI is InChI=1S/C5H4Cl3N3.H2O/c6-10(11(7)8)5-3-1-2-4-9-5;/h1-4H;1H2. The van der Waals surface area contributed by atoms with Crippen LogP contribution in [0.3, 0.4) is 0 Å². The molecule has 1 heterocycles. The van der Waals surface area contributed by atoms with Crippen LogP contribution in [0.15, 0.2) is 24.4 Å². The molecule has 2 N–H and O–H groups in total. The highest BCUT2D eigenvalue weighted by Crippen LogP contribution is 2.18. The van der Waals surface area contributed by atoms with Gasteiger partial charge in [-0.3, -0.25) is 0 Å². The third-order valence-corrected chi connectivity index (χ3v) is 1.75. The molecule has 0 bridgehead atoms. The van der Waals surface area contributed by atoms with E-state index in [2.05, 4.69) is 4.98 Å². The van der Waals surface area contributed by atoms with Crippen molar-refractivity contribution in [3.05, 3.63) is 24.4 Å². The highest BCUT2D eigenvalue weighted by atomic mass is 35.5. The summed E-state index contributed by atoms with van der Waals surface area (Å²) in [4.78, 5) is 3.88. The molecule has 12 heavy (non-hydrogen) atoms. The van der Waals surface area contributed by atoms with Gasteiger partial charge in [0, 0.05) is 41.5 Å².